The van der Waals surface area contributed by atoms with Crippen molar-refractivity contribution >= 4 is 17.3 Å². The normalized spacial score (nSPS) is 10.5. The van der Waals surface area contributed by atoms with E-state index < -0.39 is 10.8 Å². The molecule has 1 N–H and O–H groups in total. The second kappa shape index (κ2) is 9.08. The van der Waals surface area contributed by atoms with Crippen LogP contribution in [0.1, 0.15) is 28.7 Å². The van der Waals surface area contributed by atoms with Crippen LogP contribution < -0.4 is 14.8 Å². The summed E-state index contributed by atoms with van der Waals surface area (Å²) in [6.07, 6.45) is 3.63. The van der Waals surface area contributed by atoms with Gasteiger partial charge in [-0.15, -0.1) is 0 Å². The lowest BCUT2D eigenvalue weighted by Crippen LogP contribution is -2.14. The van der Waals surface area contributed by atoms with Crippen LogP contribution in [0.15, 0.2) is 48.8 Å². The summed E-state index contributed by atoms with van der Waals surface area (Å²) in [6, 6.07) is 9.77. The summed E-state index contributed by atoms with van der Waals surface area (Å²) in [5, 5.41) is 14.2. The molecule has 156 valence electrons. The molecule has 0 aliphatic carbocycles. The maximum Gasteiger partial charge on any atom is 0.286 e. The quantitative estimate of drug-likeness (QED) is 0.447. The largest absolute Gasteiger partial charge is 0.493 e. The summed E-state index contributed by atoms with van der Waals surface area (Å²) < 4.78 is 12.6. The van der Waals surface area contributed by atoms with E-state index in [9.17, 15) is 14.9 Å². The number of anilines is 1. The fourth-order valence-electron chi connectivity index (χ4n) is 2.97. The van der Waals surface area contributed by atoms with E-state index in [1.165, 1.54) is 19.2 Å². The number of hydrogen-bond donors (Lipinski definition) is 1. The van der Waals surface area contributed by atoms with E-state index in [1.807, 2.05) is 29.8 Å². The molecule has 0 atom stereocenters. The van der Waals surface area contributed by atoms with Crippen LogP contribution in [-0.4, -0.2) is 34.1 Å². The van der Waals surface area contributed by atoms with Gasteiger partial charge in [0.1, 0.15) is 11.4 Å². The number of benzene rings is 2. The van der Waals surface area contributed by atoms with Gasteiger partial charge in [-0.1, -0.05) is 12.1 Å². The summed E-state index contributed by atoms with van der Waals surface area (Å²) in [6.45, 7) is 4.68. The number of rotatable bonds is 8. The average molecular weight is 410 g/mol. The van der Waals surface area contributed by atoms with E-state index in [4.69, 9.17) is 9.47 Å². The number of imidazole rings is 1. The molecule has 1 heterocycles. The third-order valence-corrected chi connectivity index (χ3v) is 4.51. The predicted octanol–water partition coefficient (Wildman–Crippen LogP) is 3.81. The number of nitrogens with one attached hydrogen (secondary N) is 1. The number of carbonyl (C=O) groups excluding carboxylic acids is 1. The molecule has 3 aromatic rings. The van der Waals surface area contributed by atoms with E-state index in [0.29, 0.717) is 18.8 Å². The predicted molar refractivity (Wildman–Crippen MR) is 111 cm³/mol. The summed E-state index contributed by atoms with van der Waals surface area (Å²) >= 11 is 0. The minimum absolute atomic E-state index is 0.109. The van der Waals surface area contributed by atoms with Crippen LogP contribution in [0.5, 0.6) is 11.5 Å². The second-order valence-corrected chi connectivity index (χ2v) is 6.46. The van der Waals surface area contributed by atoms with Gasteiger partial charge in [-0.25, -0.2) is 4.98 Å². The smallest absolute Gasteiger partial charge is 0.286 e. The van der Waals surface area contributed by atoms with E-state index in [2.05, 4.69) is 10.3 Å². The van der Waals surface area contributed by atoms with Crippen molar-refractivity contribution in [2.75, 3.05) is 19.0 Å². The first-order valence-electron chi connectivity index (χ1n) is 9.30. The topological polar surface area (TPSA) is 109 Å². The number of nitrogens with zero attached hydrogens (tertiary/aromatic N) is 3. The molecule has 9 nitrogen and oxygen atoms in total. The number of aryl methyl sites for hydroxylation is 1. The molecule has 2 aromatic carbocycles. The van der Waals surface area contributed by atoms with Crippen LogP contribution in [0.3, 0.4) is 0 Å². The van der Waals surface area contributed by atoms with Crippen molar-refractivity contribution in [3.05, 3.63) is 75.9 Å². The zero-order valence-electron chi connectivity index (χ0n) is 16.9. The number of nitro benzene ring substituents is 1. The van der Waals surface area contributed by atoms with Crippen molar-refractivity contribution in [3.63, 3.8) is 0 Å². The Bertz CT molecular complexity index is 1060. The van der Waals surface area contributed by atoms with E-state index >= 15 is 0 Å². The number of methoxy groups -OCH3 is 1. The monoisotopic (exact) mass is 410 g/mol. The Morgan fingerprint density at radius 3 is 2.53 bits per heavy atom. The Kier molecular flexibility index (Phi) is 6.31. The SMILES string of the molecule is CCOc1cc(C(=O)Nc2ccc(Cn3ccnc3C)cc2)c([N+](=O)[O-])cc1OC. The Morgan fingerprint density at radius 1 is 1.23 bits per heavy atom. The van der Waals surface area contributed by atoms with Crippen LogP contribution in [0.4, 0.5) is 11.4 Å². The van der Waals surface area contributed by atoms with Crippen molar-refractivity contribution in [1.82, 2.24) is 9.55 Å². The molecule has 1 amide bonds. The Hall–Kier alpha value is -3.88. The number of ether oxygens (including phenoxy) is 2. The van der Waals surface area contributed by atoms with Gasteiger partial charge < -0.3 is 19.4 Å². The summed E-state index contributed by atoms with van der Waals surface area (Å²) in [7, 11) is 1.38. The highest BCUT2D eigenvalue weighted by Crippen LogP contribution is 2.35. The molecular formula is C21H22N4O5. The van der Waals surface area contributed by atoms with Crippen molar-refractivity contribution in [2.24, 2.45) is 0 Å². The Balaban J connectivity index is 1.81. The molecule has 30 heavy (non-hydrogen) atoms. The van der Waals surface area contributed by atoms with Crippen molar-refractivity contribution in [3.8, 4) is 11.5 Å². The third-order valence-electron chi connectivity index (χ3n) is 4.51. The van der Waals surface area contributed by atoms with Gasteiger partial charge in [0, 0.05) is 30.7 Å². The van der Waals surface area contributed by atoms with Gasteiger partial charge in [0.15, 0.2) is 11.5 Å². The zero-order valence-corrected chi connectivity index (χ0v) is 16.9. The lowest BCUT2D eigenvalue weighted by atomic mass is 10.1. The average Bonchev–Trinajstić information content (AvgIpc) is 3.13. The van der Waals surface area contributed by atoms with Crippen LogP contribution in [0.2, 0.25) is 0 Å². The molecule has 9 heteroatoms. The van der Waals surface area contributed by atoms with Gasteiger partial charge in [-0.05, 0) is 31.5 Å². The van der Waals surface area contributed by atoms with Crippen LogP contribution in [-0.2, 0) is 6.54 Å². The number of carbonyl (C=O) groups is 1. The number of hydrogen-bond acceptors (Lipinski definition) is 6. The Labute approximate surface area is 173 Å². The highest BCUT2D eigenvalue weighted by atomic mass is 16.6. The molecule has 0 radical (unpaired) electrons. The standard InChI is InChI=1S/C21H22N4O5/c1-4-30-20-11-17(18(25(27)28)12-19(20)29-3)21(26)23-16-7-5-15(6-8-16)13-24-10-9-22-14(24)2/h5-12H,4,13H2,1-3H3,(H,23,26). The van der Waals surface area contributed by atoms with E-state index in [0.717, 1.165) is 11.4 Å². The number of amides is 1. The molecule has 1 aromatic heterocycles. The zero-order chi connectivity index (χ0) is 21.7. The minimum Gasteiger partial charge on any atom is -0.493 e. The molecule has 3 rings (SSSR count). The number of nitro groups is 1. The van der Waals surface area contributed by atoms with Crippen molar-refractivity contribution in [1.29, 1.82) is 0 Å². The molecule has 0 saturated carbocycles. The lowest BCUT2D eigenvalue weighted by molar-refractivity contribution is -0.385. The first kappa shape index (κ1) is 20.8. The molecule has 0 saturated heterocycles. The molecule has 0 unspecified atom stereocenters. The van der Waals surface area contributed by atoms with Gasteiger partial charge >= 0.3 is 0 Å². The fourth-order valence-corrected chi connectivity index (χ4v) is 2.97. The van der Waals surface area contributed by atoms with E-state index in [1.54, 1.807) is 25.3 Å². The molecule has 0 spiro atoms. The van der Waals surface area contributed by atoms with Crippen LogP contribution in [0.25, 0.3) is 0 Å². The highest BCUT2D eigenvalue weighted by Gasteiger charge is 2.24. The van der Waals surface area contributed by atoms with Crippen molar-refractivity contribution in [2.45, 2.75) is 20.4 Å². The summed E-state index contributed by atoms with van der Waals surface area (Å²) in [5.74, 6) is 0.758. The lowest BCUT2D eigenvalue weighted by Gasteiger charge is -2.12. The summed E-state index contributed by atoms with van der Waals surface area (Å²) in [5.41, 5.74) is 1.08. The Morgan fingerprint density at radius 2 is 1.97 bits per heavy atom. The van der Waals surface area contributed by atoms with Gasteiger partial charge in [0.25, 0.3) is 11.6 Å². The van der Waals surface area contributed by atoms with Crippen molar-refractivity contribution < 1.29 is 19.2 Å². The van der Waals surface area contributed by atoms with Gasteiger partial charge in [0.2, 0.25) is 0 Å². The first-order valence-corrected chi connectivity index (χ1v) is 9.30. The molecule has 0 bridgehead atoms. The van der Waals surface area contributed by atoms with Crippen LogP contribution in [0, 0.1) is 17.0 Å². The first-order chi connectivity index (χ1) is 14.4. The second-order valence-electron chi connectivity index (χ2n) is 6.46. The highest BCUT2D eigenvalue weighted by molar-refractivity contribution is 6.07. The van der Waals surface area contributed by atoms with Gasteiger partial charge in [0.05, 0.1) is 24.7 Å². The van der Waals surface area contributed by atoms with Gasteiger partial charge in [-0.2, -0.15) is 0 Å². The number of aromatic nitrogens is 2. The third kappa shape index (κ3) is 4.57. The fraction of sp³-hybridized carbons (Fsp3) is 0.238. The molecule has 0 aliphatic rings. The molecular weight excluding hydrogens is 388 g/mol. The molecule has 0 fully saturated rings. The maximum absolute atomic E-state index is 12.8. The maximum atomic E-state index is 12.8. The minimum atomic E-state index is -0.621. The molecule has 0 aliphatic heterocycles. The van der Waals surface area contributed by atoms with Gasteiger partial charge in [-0.3, -0.25) is 14.9 Å². The van der Waals surface area contributed by atoms with Crippen LogP contribution >= 0.6 is 0 Å². The van der Waals surface area contributed by atoms with E-state index in [-0.39, 0.29) is 22.7 Å². The summed E-state index contributed by atoms with van der Waals surface area (Å²) in [4.78, 5) is 27.8.